The monoisotopic (exact) mass is 172 g/mol. The van der Waals surface area contributed by atoms with Crippen molar-refractivity contribution in [2.24, 2.45) is 0 Å². The van der Waals surface area contributed by atoms with Crippen molar-refractivity contribution in [2.45, 2.75) is 0 Å². The number of hydrogen-bond acceptors (Lipinski definition) is 3. The summed E-state index contributed by atoms with van der Waals surface area (Å²) in [5.74, 6) is -1.03. The lowest BCUT2D eigenvalue weighted by Gasteiger charge is -2.25. The van der Waals surface area contributed by atoms with Gasteiger partial charge in [0.2, 0.25) is 0 Å². The Morgan fingerprint density at radius 2 is 1.92 bits per heavy atom. The van der Waals surface area contributed by atoms with Gasteiger partial charge in [0.1, 0.15) is 0 Å². The molecule has 0 radical (unpaired) electrons. The molecule has 0 saturated carbocycles. The number of rotatable bonds is 0. The molecule has 0 unspecified atom stereocenters. The molecule has 2 amide bonds. The predicted octanol–water partition coefficient (Wildman–Crippen LogP) is -1.41. The van der Waals surface area contributed by atoms with Gasteiger partial charge in [-0.15, -0.1) is 0 Å². The zero-order chi connectivity index (χ0) is 8.97. The smallest absolute Gasteiger partial charge is 0.312 e. The lowest BCUT2D eigenvalue weighted by Crippen LogP contribution is -2.47. The van der Waals surface area contributed by atoms with Crippen LogP contribution in [-0.2, 0) is 14.3 Å². The van der Waals surface area contributed by atoms with E-state index in [0.717, 1.165) is 0 Å². The Kier molecular flexibility index (Phi) is 3.04. The summed E-state index contributed by atoms with van der Waals surface area (Å²) >= 11 is 0. The second-order valence-electron chi connectivity index (χ2n) is 2.48. The van der Waals surface area contributed by atoms with Gasteiger partial charge in [0.15, 0.2) is 0 Å². The number of nitrogens with one attached hydrogen (secondary N) is 1. The van der Waals surface area contributed by atoms with Gasteiger partial charge in [-0.3, -0.25) is 9.59 Å². The van der Waals surface area contributed by atoms with Crippen molar-refractivity contribution >= 4 is 11.8 Å². The fourth-order valence-electron chi connectivity index (χ4n) is 1.02. The van der Waals surface area contributed by atoms with Crippen molar-refractivity contribution in [1.29, 1.82) is 0 Å². The maximum Gasteiger partial charge on any atom is 0.312 e. The lowest BCUT2D eigenvalue weighted by molar-refractivity contribution is -0.148. The van der Waals surface area contributed by atoms with Crippen molar-refractivity contribution in [3.05, 3.63) is 0 Å². The van der Waals surface area contributed by atoms with E-state index in [9.17, 15) is 9.59 Å². The van der Waals surface area contributed by atoms with Gasteiger partial charge in [-0.1, -0.05) is 0 Å². The van der Waals surface area contributed by atoms with Crippen molar-refractivity contribution in [3.63, 3.8) is 0 Å². The largest absolute Gasteiger partial charge is 0.378 e. The van der Waals surface area contributed by atoms with Gasteiger partial charge < -0.3 is 15.0 Å². The summed E-state index contributed by atoms with van der Waals surface area (Å²) in [6.45, 7) is 2.05. The van der Waals surface area contributed by atoms with Gasteiger partial charge in [0.05, 0.1) is 13.2 Å². The molecule has 0 bridgehead atoms. The second kappa shape index (κ2) is 4.06. The molecule has 0 spiro atoms. The van der Waals surface area contributed by atoms with Gasteiger partial charge in [-0.25, -0.2) is 0 Å². The van der Waals surface area contributed by atoms with E-state index in [1.165, 1.54) is 11.9 Å². The first-order chi connectivity index (χ1) is 5.75. The number of likely N-dealkylation sites (N-methyl/N-ethyl adjacent to an activating group) is 1. The standard InChI is InChI=1S/C7H12N2O3/c1-8-6(10)7(11)9-2-4-12-5-3-9/h2-5H2,1H3,(H,8,10). The van der Waals surface area contributed by atoms with Crippen LogP contribution in [0.1, 0.15) is 0 Å². The predicted molar refractivity (Wildman–Crippen MR) is 41.5 cm³/mol. The Hall–Kier alpha value is -1.10. The Balaban J connectivity index is 2.45. The van der Waals surface area contributed by atoms with Crippen LogP contribution in [-0.4, -0.2) is 50.1 Å². The number of ether oxygens (including phenoxy) is 1. The minimum atomic E-state index is -0.558. The Morgan fingerprint density at radius 3 is 2.42 bits per heavy atom. The summed E-state index contributed by atoms with van der Waals surface area (Å²) in [7, 11) is 1.45. The molecule has 1 N–H and O–H groups in total. The molecule has 12 heavy (non-hydrogen) atoms. The van der Waals surface area contributed by atoms with Crippen molar-refractivity contribution in [1.82, 2.24) is 10.2 Å². The zero-order valence-corrected chi connectivity index (χ0v) is 7.00. The van der Waals surface area contributed by atoms with Crippen molar-refractivity contribution < 1.29 is 14.3 Å². The van der Waals surface area contributed by atoms with E-state index in [1.54, 1.807) is 0 Å². The minimum Gasteiger partial charge on any atom is -0.378 e. The summed E-state index contributed by atoms with van der Waals surface area (Å²) in [5.41, 5.74) is 0. The zero-order valence-electron chi connectivity index (χ0n) is 7.00. The average molecular weight is 172 g/mol. The van der Waals surface area contributed by atoms with Crippen LogP contribution >= 0.6 is 0 Å². The molecule has 0 atom stereocenters. The molecule has 5 nitrogen and oxygen atoms in total. The SMILES string of the molecule is CNC(=O)C(=O)N1CCOCC1. The van der Waals surface area contributed by atoms with E-state index in [-0.39, 0.29) is 0 Å². The average Bonchev–Trinajstić information content (AvgIpc) is 2.17. The molecular formula is C7H12N2O3. The third kappa shape index (κ3) is 1.94. The Labute approximate surface area is 70.7 Å². The first-order valence-corrected chi connectivity index (χ1v) is 3.84. The molecule has 0 aliphatic carbocycles. The van der Waals surface area contributed by atoms with Gasteiger partial charge in [0, 0.05) is 20.1 Å². The summed E-state index contributed by atoms with van der Waals surface area (Å²) < 4.78 is 5.04. The van der Waals surface area contributed by atoms with E-state index in [4.69, 9.17) is 4.74 Å². The van der Waals surface area contributed by atoms with E-state index in [0.29, 0.717) is 26.3 Å². The summed E-state index contributed by atoms with van der Waals surface area (Å²) in [6, 6.07) is 0. The number of amides is 2. The molecular weight excluding hydrogens is 160 g/mol. The highest BCUT2D eigenvalue weighted by molar-refractivity contribution is 6.34. The second-order valence-corrected chi connectivity index (χ2v) is 2.48. The molecule has 0 aromatic rings. The number of morpholine rings is 1. The number of nitrogens with zero attached hydrogens (tertiary/aromatic N) is 1. The van der Waals surface area contributed by atoms with Crippen LogP contribution in [0.2, 0.25) is 0 Å². The first kappa shape index (κ1) is 8.99. The first-order valence-electron chi connectivity index (χ1n) is 3.84. The minimum absolute atomic E-state index is 0.471. The number of carbonyl (C=O) groups excluding carboxylic acids is 2. The molecule has 1 heterocycles. The molecule has 1 aliphatic rings. The topological polar surface area (TPSA) is 58.6 Å². The highest BCUT2D eigenvalue weighted by atomic mass is 16.5. The number of hydrogen-bond donors (Lipinski definition) is 1. The maximum absolute atomic E-state index is 11.2. The fourth-order valence-corrected chi connectivity index (χ4v) is 1.02. The fraction of sp³-hybridized carbons (Fsp3) is 0.714. The highest BCUT2D eigenvalue weighted by Gasteiger charge is 2.21. The molecule has 1 fully saturated rings. The van der Waals surface area contributed by atoms with Crippen LogP contribution in [0.4, 0.5) is 0 Å². The third-order valence-corrected chi connectivity index (χ3v) is 1.72. The Bertz CT molecular complexity index is 187. The molecule has 1 rings (SSSR count). The van der Waals surface area contributed by atoms with Crippen LogP contribution in [0.25, 0.3) is 0 Å². The quantitative estimate of drug-likeness (QED) is 0.457. The lowest BCUT2D eigenvalue weighted by atomic mass is 10.4. The van der Waals surface area contributed by atoms with Crippen LogP contribution in [0, 0.1) is 0 Å². The summed E-state index contributed by atoms with van der Waals surface area (Å²) in [6.07, 6.45) is 0. The maximum atomic E-state index is 11.2. The van der Waals surface area contributed by atoms with E-state index < -0.39 is 11.8 Å². The van der Waals surface area contributed by atoms with Crippen molar-refractivity contribution in [3.8, 4) is 0 Å². The Morgan fingerprint density at radius 1 is 1.33 bits per heavy atom. The van der Waals surface area contributed by atoms with Gasteiger partial charge in [-0.05, 0) is 0 Å². The van der Waals surface area contributed by atoms with Crippen LogP contribution in [0.3, 0.4) is 0 Å². The van der Waals surface area contributed by atoms with Crippen LogP contribution < -0.4 is 5.32 Å². The summed E-state index contributed by atoms with van der Waals surface area (Å²) in [5, 5.41) is 2.29. The van der Waals surface area contributed by atoms with E-state index in [1.807, 2.05) is 0 Å². The van der Waals surface area contributed by atoms with Crippen LogP contribution in [0.5, 0.6) is 0 Å². The third-order valence-electron chi connectivity index (χ3n) is 1.72. The van der Waals surface area contributed by atoms with E-state index in [2.05, 4.69) is 5.32 Å². The molecule has 5 heteroatoms. The van der Waals surface area contributed by atoms with E-state index >= 15 is 0 Å². The van der Waals surface area contributed by atoms with Crippen LogP contribution in [0.15, 0.2) is 0 Å². The molecule has 0 aromatic heterocycles. The van der Waals surface area contributed by atoms with Crippen molar-refractivity contribution in [2.75, 3.05) is 33.4 Å². The normalized spacial score (nSPS) is 17.2. The molecule has 1 aliphatic heterocycles. The summed E-state index contributed by atoms with van der Waals surface area (Å²) in [4.78, 5) is 23.5. The number of carbonyl (C=O) groups is 2. The highest BCUT2D eigenvalue weighted by Crippen LogP contribution is 1.96. The molecule has 68 valence electrons. The van der Waals surface area contributed by atoms with Gasteiger partial charge in [0.25, 0.3) is 0 Å². The molecule has 1 saturated heterocycles. The van der Waals surface area contributed by atoms with Gasteiger partial charge in [-0.2, -0.15) is 0 Å². The molecule has 0 aromatic carbocycles. The van der Waals surface area contributed by atoms with Gasteiger partial charge >= 0.3 is 11.8 Å².